The number of piperidine rings is 1. The molecule has 3 rings (SSSR count). The minimum atomic E-state index is 0.560. The molecule has 0 amide bonds. The SMILES string of the molecule is CN1CC(CN)CC1c1cccc(C2CCNCC2)c1. The Hall–Kier alpha value is -0.900. The maximum absolute atomic E-state index is 5.85. The fraction of sp³-hybridized carbons (Fsp3) is 0.647. The Morgan fingerprint density at radius 1 is 1.25 bits per heavy atom. The van der Waals surface area contributed by atoms with Crippen LogP contribution in [0.4, 0.5) is 0 Å². The van der Waals surface area contributed by atoms with Crippen molar-refractivity contribution in [1.82, 2.24) is 10.2 Å². The first kappa shape index (κ1) is 14.1. The first-order valence-corrected chi connectivity index (χ1v) is 7.99. The third-order valence-corrected chi connectivity index (χ3v) is 5.07. The second-order valence-corrected chi connectivity index (χ2v) is 6.49. The minimum Gasteiger partial charge on any atom is -0.330 e. The van der Waals surface area contributed by atoms with Gasteiger partial charge in [0.15, 0.2) is 0 Å². The zero-order valence-electron chi connectivity index (χ0n) is 12.5. The minimum absolute atomic E-state index is 0.560. The average molecular weight is 273 g/mol. The smallest absolute Gasteiger partial charge is 0.0348 e. The summed E-state index contributed by atoms with van der Waals surface area (Å²) in [4.78, 5) is 2.47. The molecule has 2 atom stereocenters. The molecule has 2 unspecified atom stereocenters. The third kappa shape index (κ3) is 2.90. The third-order valence-electron chi connectivity index (χ3n) is 5.07. The van der Waals surface area contributed by atoms with Crippen molar-refractivity contribution < 1.29 is 0 Å². The van der Waals surface area contributed by atoms with Crippen LogP contribution in [0.25, 0.3) is 0 Å². The number of benzene rings is 1. The zero-order valence-corrected chi connectivity index (χ0v) is 12.5. The normalized spacial score (nSPS) is 28.9. The number of hydrogen-bond acceptors (Lipinski definition) is 3. The van der Waals surface area contributed by atoms with Crippen molar-refractivity contribution in [2.45, 2.75) is 31.2 Å². The fourth-order valence-electron chi connectivity index (χ4n) is 3.84. The number of nitrogens with zero attached hydrogens (tertiary/aromatic N) is 1. The number of rotatable bonds is 3. The van der Waals surface area contributed by atoms with Crippen LogP contribution >= 0.6 is 0 Å². The lowest BCUT2D eigenvalue weighted by atomic mass is 9.88. The molecule has 0 aromatic heterocycles. The zero-order chi connectivity index (χ0) is 13.9. The quantitative estimate of drug-likeness (QED) is 0.886. The van der Waals surface area contributed by atoms with Gasteiger partial charge in [0.25, 0.3) is 0 Å². The van der Waals surface area contributed by atoms with Crippen molar-refractivity contribution in [2.24, 2.45) is 11.7 Å². The van der Waals surface area contributed by atoms with E-state index in [0.29, 0.717) is 12.0 Å². The van der Waals surface area contributed by atoms with E-state index in [1.54, 1.807) is 0 Å². The Balaban J connectivity index is 1.77. The summed E-state index contributed by atoms with van der Waals surface area (Å²) in [6.45, 7) is 4.27. The predicted molar refractivity (Wildman–Crippen MR) is 83.8 cm³/mol. The summed E-state index contributed by atoms with van der Waals surface area (Å²) in [6.07, 6.45) is 3.76. The van der Waals surface area contributed by atoms with Crippen molar-refractivity contribution in [3.05, 3.63) is 35.4 Å². The summed E-state index contributed by atoms with van der Waals surface area (Å²) in [5.74, 6) is 1.40. The van der Waals surface area contributed by atoms with Gasteiger partial charge in [-0.1, -0.05) is 24.3 Å². The molecule has 2 saturated heterocycles. The first-order chi connectivity index (χ1) is 9.78. The summed E-state index contributed by atoms with van der Waals surface area (Å²) >= 11 is 0. The molecular formula is C17H27N3. The van der Waals surface area contributed by atoms with E-state index in [2.05, 4.69) is 41.5 Å². The van der Waals surface area contributed by atoms with Crippen molar-refractivity contribution in [1.29, 1.82) is 0 Å². The van der Waals surface area contributed by atoms with Gasteiger partial charge in [0.2, 0.25) is 0 Å². The molecule has 0 saturated carbocycles. The van der Waals surface area contributed by atoms with Crippen molar-refractivity contribution in [2.75, 3.05) is 33.2 Å². The Morgan fingerprint density at radius 2 is 2.00 bits per heavy atom. The van der Waals surface area contributed by atoms with E-state index in [0.717, 1.165) is 32.1 Å². The van der Waals surface area contributed by atoms with E-state index in [9.17, 15) is 0 Å². The van der Waals surface area contributed by atoms with E-state index in [-0.39, 0.29) is 0 Å². The molecule has 0 spiro atoms. The van der Waals surface area contributed by atoms with E-state index in [4.69, 9.17) is 5.73 Å². The van der Waals surface area contributed by atoms with E-state index >= 15 is 0 Å². The molecule has 1 aromatic rings. The van der Waals surface area contributed by atoms with Crippen LogP contribution in [0.15, 0.2) is 24.3 Å². The molecule has 20 heavy (non-hydrogen) atoms. The number of likely N-dealkylation sites (tertiary alicyclic amines) is 1. The molecule has 0 aliphatic carbocycles. The van der Waals surface area contributed by atoms with Crippen LogP contribution in [-0.2, 0) is 0 Å². The van der Waals surface area contributed by atoms with Crippen LogP contribution in [0, 0.1) is 5.92 Å². The van der Waals surface area contributed by atoms with Gasteiger partial charge in [0.05, 0.1) is 0 Å². The predicted octanol–water partition coefficient (Wildman–Crippen LogP) is 2.11. The Labute approximate surface area is 122 Å². The Morgan fingerprint density at radius 3 is 2.70 bits per heavy atom. The van der Waals surface area contributed by atoms with Crippen LogP contribution < -0.4 is 11.1 Å². The molecule has 2 fully saturated rings. The molecule has 2 heterocycles. The highest BCUT2D eigenvalue weighted by atomic mass is 15.2. The van der Waals surface area contributed by atoms with Gasteiger partial charge in [-0.15, -0.1) is 0 Å². The topological polar surface area (TPSA) is 41.3 Å². The summed E-state index contributed by atoms with van der Waals surface area (Å²) in [5.41, 5.74) is 8.87. The molecule has 3 heteroatoms. The highest BCUT2D eigenvalue weighted by molar-refractivity contribution is 5.29. The Kier molecular flexibility index (Phi) is 4.39. The molecule has 3 nitrogen and oxygen atoms in total. The van der Waals surface area contributed by atoms with Gasteiger partial charge >= 0.3 is 0 Å². The first-order valence-electron chi connectivity index (χ1n) is 7.99. The van der Waals surface area contributed by atoms with Gasteiger partial charge in [0, 0.05) is 12.6 Å². The van der Waals surface area contributed by atoms with E-state index in [1.807, 2.05) is 0 Å². The molecule has 0 bridgehead atoms. The van der Waals surface area contributed by atoms with Gasteiger partial charge in [-0.2, -0.15) is 0 Å². The van der Waals surface area contributed by atoms with Gasteiger partial charge in [-0.3, -0.25) is 4.90 Å². The van der Waals surface area contributed by atoms with Crippen LogP contribution in [0.1, 0.15) is 42.3 Å². The van der Waals surface area contributed by atoms with Crippen LogP contribution in [0.5, 0.6) is 0 Å². The lowest BCUT2D eigenvalue weighted by Gasteiger charge is -2.25. The summed E-state index contributed by atoms with van der Waals surface area (Å²) in [6, 6.07) is 9.87. The lowest BCUT2D eigenvalue weighted by Crippen LogP contribution is -2.26. The van der Waals surface area contributed by atoms with Gasteiger partial charge in [-0.25, -0.2) is 0 Å². The maximum Gasteiger partial charge on any atom is 0.0348 e. The van der Waals surface area contributed by atoms with E-state index < -0.39 is 0 Å². The monoisotopic (exact) mass is 273 g/mol. The van der Waals surface area contributed by atoms with Gasteiger partial charge in [0.1, 0.15) is 0 Å². The lowest BCUT2D eigenvalue weighted by molar-refractivity contribution is 0.313. The standard InChI is InChI=1S/C17H27N3/c1-20-12-13(11-18)9-17(20)16-4-2-3-15(10-16)14-5-7-19-8-6-14/h2-4,10,13-14,17,19H,5-9,11-12,18H2,1H3. The van der Waals surface area contributed by atoms with Crippen molar-refractivity contribution >= 4 is 0 Å². The highest BCUT2D eigenvalue weighted by Crippen LogP contribution is 2.35. The summed E-state index contributed by atoms with van der Waals surface area (Å²) in [7, 11) is 2.23. The molecule has 110 valence electrons. The molecule has 0 radical (unpaired) electrons. The number of nitrogens with two attached hydrogens (primary N) is 1. The Bertz CT molecular complexity index is 440. The summed E-state index contributed by atoms with van der Waals surface area (Å²) in [5, 5.41) is 3.45. The summed E-state index contributed by atoms with van der Waals surface area (Å²) < 4.78 is 0. The largest absolute Gasteiger partial charge is 0.330 e. The van der Waals surface area contributed by atoms with Crippen LogP contribution in [0.2, 0.25) is 0 Å². The number of hydrogen-bond donors (Lipinski definition) is 2. The number of nitrogens with one attached hydrogen (secondary N) is 1. The van der Waals surface area contributed by atoms with E-state index in [1.165, 1.54) is 30.4 Å². The van der Waals surface area contributed by atoms with Crippen LogP contribution in [0.3, 0.4) is 0 Å². The van der Waals surface area contributed by atoms with Crippen molar-refractivity contribution in [3.63, 3.8) is 0 Å². The second-order valence-electron chi connectivity index (χ2n) is 6.49. The fourth-order valence-corrected chi connectivity index (χ4v) is 3.84. The van der Waals surface area contributed by atoms with Gasteiger partial charge in [-0.05, 0) is 68.9 Å². The molecule has 2 aliphatic heterocycles. The molecule has 3 N–H and O–H groups in total. The average Bonchev–Trinajstić information content (AvgIpc) is 2.89. The molecular weight excluding hydrogens is 246 g/mol. The van der Waals surface area contributed by atoms with Crippen LogP contribution in [-0.4, -0.2) is 38.1 Å². The van der Waals surface area contributed by atoms with Crippen molar-refractivity contribution in [3.8, 4) is 0 Å². The maximum atomic E-state index is 5.85. The van der Waals surface area contributed by atoms with Gasteiger partial charge < -0.3 is 11.1 Å². The second kappa shape index (κ2) is 6.25. The highest BCUT2D eigenvalue weighted by Gasteiger charge is 2.30. The molecule has 2 aliphatic rings. The molecule has 1 aromatic carbocycles.